The lowest BCUT2D eigenvalue weighted by Crippen LogP contribution is -2.67. The SMILES string of the molecule is CC(C)(C)[Si](OC[C@H](C=O)N(Cc1ccccc1)Cc1ccccc1)(c1ccccc1)c1ccccc1. The second kappa shape index (κ2) is 12.3. The molecule has 4 aromatic rings. The Bertz CT molecular complexity index is 1140. The molecule has 37 heavy (non-hydrogen) atoms. The highest BCUT2D eigenvalue weighted by molar-refractivity contribution is 6.99. The highest BCUT2D eigenvalue weighted by atomic mass is 28.4. The summed E-state index contributed by atoms with van der Waals surface area (Å²) in [5, 5.41) is 2.29. The molecule has 0 aromatic heterocycles. The summed E-state index contributed by atoms with van der Waals surface area (Å²) in [5.41, 5.74) is 2.35. The van der Waals surface area contributed by atoms with Gasteiger partial charge in [-0.15, -0.1) is 0 Å². The van der Waals surface area contributed by atoms with E-state index in [4.69, 9.17) is 4.43 Å². The van der Waals surface area contributed by atoms with E-state index in [-0.39, 0.29) is 11.1 Å². The molecule has 0 heterocycles. The van der Waals surface area contributed by atoms with Gasteiger partial charge in [-0.1, -0.05) is 142 Å². The Kier molecular flexibility index (Phi) is 8.88. The quantitative estimate of drug-likeness (QED) is 0.189. The summed E-state index contributed by atoms with van der Waals surface area (Å²) in [7, 11) is -2.74. The lowest BCUT2D eigenvalue weighted by Gasteiger charge is -2.44. The molecule has 1 atom stereocenters. The van der Waals surface area contributed by atoms with E-state index in [9.17, 15) is 4.79 Å². The van der Waals surface area contributed by atoms with Crippen molar-refractivity contribution in [1.82, 2.24) is 4.90 Å². The van der Waals surface area contributed by atoms with Gasteiger partial charge in [0.15, 0.2) is 0 Å². The third-order valence-corrected chi connectivity index (χ3v) is 12.0. The number of hydrogen-bond donors (Lipinski definition) is 0. The molecule has 0 aliphatic rings. The molecule has 0 aliphatic heterocycles. The molecule has 0 saturated carbocycles. The summed E-state index contributed by atoms with van der Waals surface area (Å²) in [5.74, 6) is 0. The molecule has 190 valence electrons. The van der Waals surface area contributed by atoms with Crippen LogP contribution >= 0.6 is 0 Å². The molecule has 0 fully saturated rings. The lowest BCUT2D eigenvalue weighted by molar-refractivity contribution is -0.114. The molecule has 0 saturated heterocycles. The number of nitrogens with zero attached hydrogens (tertiary/aromatic N) is 1. The molecule has 0 radical (unpaired) electrons. The van der Waals surface area contributed by atoms with Gasteiger partial charge in [-0.3, -0.25) is 4.90 Å². The maximum absolute atomic E-state index is 12.7. The van der Waals surface area contributed by atoms with Crippen LogP contribution in [0.1, 0.15) is 31.9 Å². The van der Waals surface area contributed by atoms with Crippen molar-refractivity contribution in [2.75, 3.05) is 6.61 Å². The minimum absolute atomic E-state index is 0.146. The minimum atomic E-state index is -2.74. The van der Waals surface area contributed by atoms with Crippen molar-refractivity contribution in [3.63, 3.8) is 0 Å². The zero-order valence-corrected chi connectivity index (χ0v) is 23.1. The molecule has 4 aromatic carbocycles. The van der Waals surface area contributed by atoms with Crippen molar-refractivity contribution in [3.05, 3.63) is 132 Å². The average molecular weight is 508 g/mol. The Morgan fingerprint density at radius 1 is 0.676 bits per heavy atom. The standard InChI is InChI=1S/C33H37NO2Si/c1-33(2,3)37(31-20-12-6-13-21-31,32-22-14-7-15-23-32)36-27-30(26-35)34(24-28-16-8-4-9-17-28)25-29-18-10-5-11-19-29/h4-23,26,30H,24-25,27H2,1-3H3/t30-/m0/s1. The second-order valence-electron chi connectivity index (χ2n) is 10.6. The van der Waals surface area contributed by atoms with Crippen LogP contribution < -0.4 is 10.4 Å². The Morgan fingerprint density at radius 2 is 1.05 bits per heavy atom. The van der Waals surface area contributed by atoms with E-state index in [1.165, 1.54) is 21.5 Å². The molecule has 0 spiro atoms. The van der Waals surface area contributed by atoms with Crippen molar-refractivity contribution < 1.29 is 9.22 Å². The van der Waals surface area contributed by atoms with Gasteiger partial charge in [0.25, 0.3) is 8.32 Å². The van der Waals surface area contributed by atoms with Crippen molar-refractivity contribution in [1.29, 1.82) is 0 Å². The number of carbonyl (C=O) groups excluding carboxylic acids is 1. The molecule has 3 nitrogen and oxygen atoms in total. The van der Waals surface area contributed by atoms with Gasteiger partial charge in [0.2, 0.25) is 0 Å². The van der Waals surface area contributed by atoms with Gasteiger partial charge in [0, 0.05) is 13.1 Å². The van der Waals surface area contributed by atoms with E-state index in [1.807, 2.05) is 48.5 Å². The van der Waals surface area contributed by atoms with Crippen LogP contribution in [-0.4, -0.2) is 32.2 Å². The summed E-state index contributed by atoms with van der Waals surface area (Å²) in [6.45, 7) is 8.46. The number of benzene rings is 4. The van der Waals surface area contributed by atoms with E-state index < -0.39 is 8.32 Å². The van der Waals surface area contributed by atoms with Crippen LogP contribution in [0.5, 0.6) is 0 Å². The summed E-state index contributed by atoms with van der Waals surface area (Å²) in [6.07, 6.45) is 1.06. The smallest absolute Gasteiger partial charge is 0.261 e. The second-order valence-corrected chi connectivity index (χ2v) is 14.9. The molecule has 4 rings (SSSR count). The molecule has 0 bridgehead atoms. The van der Waals surface area contributed by atoms with E-state index in [0.29, 0.717) is 19.7 Å². The van der Waals surface area contributed by atoms with Crippen molar-refractivity contribution in [2.24, 2.45) is 0 Å². The van der Waals surface area contributed by atoms with E-state index in [0.717, 1.165) is 6.29 Å². The van der Waals surface area contributed by atoms with Crippen LogP contribution in [0.4, 0.5) is 0 Å². The van der Waals surface area contributed by atoms with Crippen LogP contribution in [0.25, 0.3) is 0 Å². The first kappa shape index (κ1) is 26.7. The fraction of sp³-hybridized carbons (Fsp3) is 0.242. The average Bonchev–Trinajstić information content (AvgIpc) is 2.92. The van der Waals surface area contributed by atoms with Gasteiger partial charge in [-0.05, 0) is 26.5 Å². The van der Waals surface area contributed by atoms with E-state index in [1.54, 1.807) is 0 Å². The maximum atomic E-state index is 12.7. The van der Waals surface area contributed by atoms with Gasteiger partial charge < -0.3 is 9.22 Å². The van der Waals surface area contributed by atoms with Crippen LogP contribution in [0.15, 0.2) is 121 Å². The van der Waals surface area contributed by atoms with Crippen LogP contribution in [-0.2, 0) is 22.3 Å². The van der Waals surface area contributed by atoms with Gasteiger partial charge in [-0.25, -0.2) is 0 Å². The fourth-order valence-electron chi connectivity index (χ4n) is 5.13. The number of aldehydes is 1. The highest BCUT2D eigenvalue weighted by Crippen LogP contribution is 2.37. The van der Waals surface area contributed by atoms with Crippen molar-refractivity contribution in [3.8, 4) is 0 Å². The Labute approximate surface area is 222 Å². The van der Waals surface area contributed by atoms with Gasteiger partial charge in [0.1, 0.15) is 6.29 Å². The summed E-state index contributed by atoms with van der Waals surface area (Å²) < 4.78 is 7.14. The monoisotopic (exact) mass is 507 g/mol. The molecule has 0 aliphatic carbocycles. The largest absolute Gasteiger partial charge is 0.405 e. The molecule has 4 heteroatoms. The van der Waals surface area contributed by atoms with E-state index in [2.05, 4.69) is 98.5 Å². The van der Waals surface area contributed by atoms with Crippen molar-refractivity contribution in [2.45, 2.75) is 44.9 Å². The number of rotatable bonds is 11. The number of carbonyl (C=O) groups is 1. The van der Waals surface area contributed by atoms with Gasteiger partial charge in [0.05, 0.1) is 12.6 Å². The predicted molar refractivity (Wildman–Crippen MR) is 156 cm³/mol. The Morgan fingerprint density at radius 3 is 1.41 bits per heavy atom. The van der Waals surface area contributed by atoms with Crippen molar-refractivity contribution >= 4 is 25.0 Å². The van der Waals surface area contributed by atoms with E-state index >= 15 is 0 Å². The third kappa shape index (κ3) is 6.34. The fourth-order valence-corrected chi connectivity index (χ4v) is 9.71. The van der Waals surface area contributed by atoms with Gasteiger partial charge >= 0.3 is 0 Å². The van der Waals surface area contributed by atoms with Crippen LogP contribution in [0.2, 0.25) is 5.04 Å². The first-order valence-electron chi connectivity index (χ1n) is 13.0. The summed E-state index contributed by atoms with van der Waals surface area (Å²) in [4.78, 5) is 14.9. The molecular weight excluding hydrogens is 470 g/mol. The Balaban J connectivity index is 1.70. The van der Waals surface area contributed by atoms with Crippen LogP contribution in [0.3, 0.4) is 0 Å². The third-order valence-electron chi connectivity index (χ3n) is 6.97. The highest BCUT2D eigenvalue weighted by Gasteiger charge is 2.50. The molecule has 0 amide bonds. The zero-order valence-electron chi connectivity index (χ0n) is 22.1. The van der Waals surface area contributed by atoms with Crippen LogP contribution in [0, 0.1) is 0 Å². The first-order chi connectivity index (χ1) is 17.9. The molecule has 0 unspecified atom stereocenters. The first-order valence-corrected chi connectivity index (χ1v) is 14.9. The Hall–Kier alpha value is -3.31. The lowest BCUT2D eigenvalue weighted by atomic mass is 10.1. The van der Waals surface area contributed by atoms with Gasteiger partial charge in [-0.2, -0.15) is 0 Å². The predicted octanol–water partition coefficient (Wildman–Crippen LogP) is 5.83. The molecule has 0 N–H and O–H groups in total. The topological polar surface area (TPSA) is 29.5 Å². The minimum Gasteiger partial charge on any atom is -0.405 e. The molecular formula is C33H37NO2Si. The number of hydrogen-bond acceptors (Lipinski definition) is 3. The zero-order chi connectivity index (χ0) is 26.1. The summed E-state index contributed by atoms with van der Waals surface area (Å²) >= 11 is 0. The summed E-state index contributed by atoms with van der Waals surface area (Å²) in [6, 6.07) is 41.5. The normalized spacial score (nSPS) is 12.9. The maximum Gasteiger partial charge on any atom is 0.261 e.